The minimum absolute atomic E-state index is 0.0682. The Morgan fingerprint density at radius 2 is 1.85 bits per heavy atom. The van der Waals surface area contributed by atoms with Crippen molar-refractivity contribution in [3.63, 3.8) is 0 Å². The number of nitrogens with zero attached hydrogens (tertiary/aromatic N) is 4. The molecule has 0 aliphatic carbocycles. The van der Waals surface area contributed by atoms with Crippen LogP contribution in [0.2, 0.25) is 0 Å². The van der Waals surface area contributed by atoms with Crippen LogP contribution in [0, 0.1) is 32.4 Å². The van der Waals surface area contributed by atoms with Gasteiger partial charge in [0.25, 0.3) is 5.91 Å². The Hall–Kier alpha value is -3.79. The fourth-order valence-corrected chi connectivity index (χ4v) is 3.73. The van der Waals surface area contributed by atoms with Gasteiger partial charge in [0.1, 0.15) is 23.9 Å². The molecule has 8 nitrogen and oxygen atoms in total. The molecule has 0 saturated carbocycles. The van der Waals surface area contributed by atoms with Crippen LogP contribution in [0.5, 0.6) is 5.75 Å². The van der Waals surface area contributed by atoms with Crippen LogP contribution in [0.4, 0.5) is 14.5 Å². The van der Waals surface area contributed by atoms with E-state index in [0.717, 1.165) is 17.8 Å². The molecular formula is C23H23F2N5O3. The van der Waals surface area contributed by atoms with Gasteiger partial charge in [0, 0.05) is 6.20 Å². The number of hydrogen-bond acceptors (Lipinski definition) is 5. The van der Waals surface area contributed by atoms with E-state index in [4.69, 9.17) is 4.74 Å². The Morgan fingerprint density at radius 3 is 2.55 bits per heavy atom. The highest BCUT2D eigenvalue weighted by molar-refractivity contribution is 6.05. The summed E-state index contributed by atoms with van der Waals surface area (Å²) in [7, 11) is 0. The molecule has 1 amide bonds. The maximum atomic E-state index is 13.9. The number of nitrogens with one attached hydrogen (secondary N) is 1. The summed E-state index contributed by atoms with van der Waals surface area (Å²) in [6.07, 6.45) is 1.66. The molecular weight excluding hydrogens is 432 g/mol. The van der Waals surface area contributed by atoms with Crippen LogP contribution >= 0.6 is 0 Å². The van der Waals surface area contributed by atoms with Gasteiger partial charge in [-0.3, -0.25) is 13.9 Å². The normalized spacial score (nSPS) is 11.2. The summed E-state index contributed by atoms with van der Waals surface area (Å²) in [5, 5.41) is 16.4. The summed E-state index contributed by atoms with van der Waals surface area (Å²) in [6, 6.07) is 6.89. The van der Waals surface area contributed by atoms with Crippen LogP contribution in [-0.2, 0) is 13.2 Å². The average molecular weight is 455 g/mol. The standard InChI is InChI=1S/C23H23F2N5O3/c1-13-20(15(3)30(28-13)10-11-31)27-23(32)21-14(2)26-22-19(8-5-9-29(21)22)33-12-16-17(24)6-4-7-18(16)25/h4-9,31H,10-12H2,1-3H3,(H,27,32). The van der Waals surface area contributed by atoms with E-state index in [0.29, 0.717) is 35.0 Å². The Bertz CT molecular complexity index is 1330. The molecule has 0 spiro atoms. The monoisotopic (exact) mass is 455 g/mol. The third-order valence-electron chi connectivity index (χ3n) is 5.37. The number of pyridine rings is 1. The zero-order chi connectivity index (χ0) is 23.7. The van der Waals surface area contributed by atoms with Gasteiger partial charge >= 0.3 is 0 Å². The Balaban J connectivity index is 1.64. The van der Waals surface area contributed by atoms with Gasteiger partial charge in [-0.2, -0.15) is 5.10 Å². The van der Waals surface area contributed by atoms with E-state index in [1.165, 1.54) is 6.07 Å². The fraction of sp³-hybridized carbons (Fsp3) is 0.261. The van der Waals surface area contributed by atoms with Crippen molar-refractivity contribution < 1.29 is 23.4 Å². The Morgan fingerprint density at radius 1 is 1.12 bits per heavy atom. The third kappa shape index (κ3) is 4.17. The van der Waals surface area contributed by atoms with E-state index in [9.17, 15) is 18.7 Å². The number of aliphatic hydroxyl groups excluding tert-OH is 1. The summed E-state index contributed by atoms with van der Waals surface area (Å²) in [6.45, 7) is 5.19. The van der Waals surface area contributed by atoms with Gasteiger partial charge in [0.2, 0.25) is 0 Å². The molecule has 0 unspecified atom stereocenters. The van der Waals surface area contributed by atoms with Crippen LogP contribution in [0.3, 0.4) is 0 Å². The number of hydrogen-bond donors (Lipinski definition) is 2. The van der Waals surface area contributed by atoms with E-state index in [1.807, 2.05) is 0 Å². The number of aryl methyl sites for hydroxylation is 2. The van der Waals surface area contributed by atoms with Gasteiger partial charge in [-0.1, -0.05) is 6.07 Å². The van der Waals surface area contributed by atoms with Crippen molar-refractivity contribution in [2.24, 2.45) is 0 Å². The van der Waals surface area contributed by atoms with E-state index >= 15 is 0 Å². The molecule has 0 radical (unpaired) electrons. The van der Waals surface area contributed by atoms with Crippen molar-refractivity contribution in [1.82, 2.24) is 19.2 Å². The number of anilines is 1. The highest BCUT2D eigenvalue weighted by atomic mass is 19.1. The number of benzene rings is 1. The van der Waals surface area contributed by atoms with Crippen molar-refractivity contribution >= 4 is 17.2 Å². The molecule has 3 aromatic heterocycles. The number of halogens is 2. The van der Waals surface area contributed by atoms with Crippen LogP contribution in [0.1, 0.15) is 33.1 Å². The highest BCUT2D eigenvalue weighted by Gasteiger charge is 2.22. The SMILES string of the molecule is Cc1nn(CCO)c(C)c1NC(=O)c1c(C)nc2c(OCc3c(F)cccc3F)cccn12. The predicted molar refractivity (Wildman–Crippen MR) is 117 cm³/mol. The lowest BCUT2D eigenvalue weighted by atomic mass is 10.2. The molecule has 0 aliphatic heterocycles. The largest absolute Gasteiger partial charge is 0.485 e. The number of aliphatic hydroxyl groups is 1. The molecule has 3 heterocycles. The van der Waals surface area contributed by atoms with E-state index in [1.54, 1.807) is 48.2 Å². The average Bonchev–Trinajstić information content (AvgIpc) is 3.24. The van der Waals surface area contributed by atoms with Crippen LogP contribution in [0.25, 0.3) is 5.65 Å². The zero-order valence-corrected chi connectivity index (χ0v) is 18.4. The lowest BCUT2D eigenvalue weighted by Crippen LogP contribution is -2.17. The molecule has 1 aromatic carbocycles. The Kier molecular flexibility index (Phi) is 6.10. The number of carbonyl (C=O) groups excluding carboxylic acids is 1. The topological polar surface area (TPSA) is 93.7 Å². The Labute approximate surface area is 188 Å². The maximum Gasteiger partial charge on any atom is 0.274 e. The number of imidazole rings is 1. The molecule has 0 aliphatic rings. The number of ether oxygens (including phenoxy) is 1. The molecule has 0 saturated heterocycles. The number of carbonyl (C=O) groups is 1. The highest BCUT2D eigenvalue weighted by Crippen LogP contribution is 2.26. The van der Waals surface area contributed by atoms with Crippen molar-refractivity contribution in [3.8, 4) is 5.75 Å². The third-order valence-corrected chi connectivity index (χ3v) is 5.37. The lowest BCUT2D eigenvalue weighted by Gasteiger charge is -2.10. The first-order chi connectivity index (χ1) is 15.8. The first-order valence-electron chi connectivity index (χ1n) is 10.3. The van der Waals surface area contributed by atoms with Crippen molar-refractivity contribution in [1.29, 1.82) is 0 Å². The van der Waals surface area contributed by atoms with E-state index in [2.05, 4.69) is 15.4 Å². The molecule has 0 bridgehead atoms. The zero-order valence-electron chi connectivity index (χ0n) is 18.4. The summed E-state index contributed by atoms with van der Waals surface area (Å²) in [4.78, 5) is 17.6. The van der Waals surface area contributed by atoms with Crippen LogP contribution in [-0.4, -0.2) is 36.8 Å². The van der Waals surface area contributed by atoms with Gasteiger partial charge in [-0.25, -0.2) is 13.8 Å². The van der Waals surface area contributed by atoms with Crippen molar-refractivity contribution in [2.75, 3.05) is 11.9 Å². The first kappa shape index (κ1) is 22.4. The molecule has 4 rings (SSSR count). The molecule has 172 valence electrons. The number of amides is 1. The second kappa shape index (κ2) is 8.99. The lowest BCUT2D eigenvalue weighted by molar-refractivity contribution is 0.102. The molecule has 10 heteroatoms. The van der Waals surface area contributed by atoms with Crippen molar-refractivity contribution in [2.45, 2.75) is 33.9 Å². The van der Waals surface area contributed by atoms with Gasteiger partial charge in [-0.05, 0) is 45.0 Å². The summed E-state index contributed by atoms with van der Waals surface area (Å²) in [5.74, 6) is -1.51. The van der Waals surface area contributed by atoms with E-state index in [-0.39, 0.29) is 24.5 Å². The molecule has 0 fully saturated rings. The summed E-state index contributed by atoms with van der Waals surface area (Å²) < 4.78 is 36.8. The number of fused-ring (bicyclic) bond motifs is 1. The molecule has 2 N–H and O–H groups in total. The second-order valence-electron chi connectivity index (χ2n) is 7.55. The predicted octanol–water partition coefficient (Wildman–Crippen LogP) is 3.56. The van der Waals surface area contributed by atoms with Gasteiger partial charge < -0.3 is 15.2 Å². The quantitative estimate of drug-likeness (QED) is 0.445. The molecule has 0 atom stereocenters. The van der Waals surface area contributed by atoms with Gasteiger partial charge in [-0.15, -0.1) is 0 Å². The summed E-state index contributed by atoms with van der Waals surface area (Å²) >= 11 is 0. The van der Waals surface area contributed by atoms with Gasteiger partial charge in [0.15, 0.2) is 11.4 Å². The maximum absolute atomic E-state index is 13.9. The summed E-state index contributed by atoms with van der Waals surface area (Å²) in [5.41, 5.74) is 2.81. The molecule has 33 heavy (non-hydrogen) atoms. The van der Waals surface area contributed by atoms with Crippen LogP contribution < -0.4 is 10.1 Å². The van der Waals surface area contributed by atoms with Crippen molar-refractivity contribution in [3.05, 3.63) is 76.5 Å². The number of rotatable bonds is 7. The fourth-order valence-electron chi connectivity index (χ4n) is 3.73. The number of aromatic nitrogens is 4. The minimum atomic E-state index is -0.700. The second-order valence-corrected chi connectivity index (χ2v) is 7.55. The smallest absolute Gasteiger partial charge is 0.274 e. The molecule has 4 aromatic rings. The minimum Gasteiger partial charge on any atom is -0.485 e. The first-order valence-corrected chi connectivity index (χ1v) is 10.3. The van der Waals surface area contributed by atoms with Gasteiger partial charge in [0.05, 0.1) is 41.5 Å². The van der Waals surface area contributed by atoms with Crippen LogP contribution in [0.15, 0.2) is 36.5 Å². The van der Waals surface area contributed by atoms with E-state index < -0.39 is 17.5 Å².